The van der Waals surface area contributed by atoms with Crippen molar-refractivity contribution < 1.29 is 4.39 Å². The molecular formula is C20H17FN2S2. The SMILES string of the molecule is CSc1cccc2c1SC(C)(C)N=C2c1cnc2c(F)cccc2c1. The van der Waals surface area contributed by atoms with Crippen molar-refractivity contribution >= 4 is 40.1 Å². The molecule has 0 bridgehead atoms. The maximum absolute atomic E-state index is 13.9. The number of halogens is 1. The number of fused-ring (bicyclic) bond motifs is 2. The first-order chi connectivity index (χ1) is 12.0. The van der Waals surface area contributed by atoms with E-state index in [1.54, 1.807) is 35.8 Å². The fraction of sp³-hybridized carbons (Fsp3) is 0.200. The Balaban J connectivity index is 1.94. The van der Waals surface area contributed by atoms with Crippen molar-refractivity contribution in [3.63, 3.8) is 0 Å². The van der Waals surface area contributed by atoms with Crippen LogP contribution in [0.5, 0.6) is 0 Å². The van der Waals surface area contributed by atoms with Crippen molar-refractivity contribution in [2.24, 2.45) is 4.99 Å². The van der Waals surface area contributed by atoms with Gasteiger partial charge in [-0.05, 0) is 38.3 Å². The highest BCUT2D eigenvalue weighted by molar-refractivity contribution is 8.02. The highest BCUT2D eigenvalue weighted by Gasteiger charge is 2.30. The Morgan fingerprint density at radius 1 is 1.12 bits per heavy atom. The number of rotatable bonds is 2. The fourth-order valence-electron chi connectivity index (χ4n) is 3.04. The lowest BCUT2D eigenvalue weighted by atomic mass is 10.0. The Morgan fingerprint density at radius 2 is 1.92 bits per heavy atom. The molecular weight excluding hydrogens is 351 g/mol. The number of hydrogen-bond donors (Lipinski definition) is 0. The third-order valence-corrected chi connectivity index (χ3v) is 6.27. The molecule has 0 atom stereocenters. The minimum atomic E-state index is -0.296. The lowest BCUT2D eigenvalue weighted by molar-refractivity contribution is 0.637. The smallest absolute Gasteiger partial charge is 0.149 e. The summed E-state index contributed by atoms with van der Waals surface area (Å²) in [6, 6.07) is 13.3. The van der Waals surface area contributed by atoms with E-state index >= 15 is 0 Å². The van der Waals surface area contributed by atoms with Crippen LogP contribution in [0.3, 0.4) is 0 Å². The van der Waals surface area contributed by atoms with E-state index in [4.69, 9.17) is 4.99 Å². The first-order valence-electron chi connectivity index (χ1n) is 7.99. The molecule has 1 aliphatic heterocycles. The van der Waals surface area contributed by atoms with E-state index in [0.717, 1.165) is 22.2 Å². The van der Waals surface area contributed by atoms with Gasteiger partial charge in [-0.2, -0.15) is 0 Å². The van der Waals surface area contributed by atoms with Crippen LogP contribution in [0.2, 0.25) is 0 Å². The van der Waals surface area contributed by atoms with Gasteiger partial charge in [0, 0.05) is 32.5 Å². The lowest BCUT2D eigenvalue weighted by Gasteiger charge is -2.29. The van der Waals surface area contributed by atoms with E-state index in [-0.39, 0.29) is 10.7 Å². The van der Waals surface area contributed by atoms with Gasteiger partial charge >= 0.3 is 0 Å². The Labute approximate surface area is 155 Å². The number of nitrogens with zero attached hydrogens (tertiary/aromatic N) is 2. The van der Waals surface area contributed by atoms with Crippen LogP contribution in [0.4, 0.5) is 4.39 Å². The maximum atomic E-state index is 13.9. The van der Waals surface area contributed by atoms with Gasteiger partial charge in [-0.15, -0.1) is 11.8 Å². The van der Waals surface area contributed by atoms with Gasteiger partial charge in [-0.1, -0.05) is 36.0 Å². The monoisotopic (exact) mass is 368 g/mol. The standard InChI is InChI=1S/C20H17FN2S2/c1-20(2)23-17(14-7-5-9-16(24-3)19(14)25-20)13-10-12-6-4-8-15(21)18(12)22-11-13/h4-11H,1-3H3. The third kappa shape index (κ3) is 2.96. The molecule has 0 unspecified atom stereocenters. The first kappa shape index (κ1) is 16.6. The Kier molecular flexibility index (Phi) is 4.08. The summed E-state index contributed by atoms with van der Waals surface area (Å²) in [4.78, 5) is 11.6. The number of para-hydroxylation sites is 1. The van der Waals surface area contributed by atoms with Gasteiger partial charge in [-0.25, -0.2) is 4.39 Å². The summed E-state index contributed by atoms with van der Waals surface area (Å²) in [6.45, 7) is 4.23. The first-order valence-corrected chi connectivity index (χ1v) is 10.0. The lowest BCUT2D eigenvalue weighted by Crippen LogP contribution is -2.22. The molecule has 2 nitrogen and oxygen atoms in total. The summed E-state index contributed by atoms with van der Waals surface area (Å²) in [5, 5.41) is 0.791. The van der Waals surface area contributed by atoms with E-state index in [2.05, 4.69) is 43.3 Å². The van der Waals surface area contributed by atoms with Gasteiger partial charge in [0.05, 0.1) is 5.71 Å². The van der Waals surface area contributed by atoms with Crippen LogP contribution in [0.25, 0.3) is 10.9 Å². The van der Waals surface area contributed by atoms with Crippen LogP contribution in [-0.2, 0) is 0 Å². The summed E-state index contributed by atoms with van der Waals surface area (Å²) in [6.07, 6.45) is 3.82. The minimum absolute atomic E-state index is 0.259. The second kappa shape index (κ2) is 6.15. The molecule has 0 aliphatic carbocycles. The second-order valence-corrected chi connectivity index (χ2v) is 8.84. The molecule has 0 fully saturated rings. The molecule has 5 heteroatoms. The van der Waals surface area contributed by atoms with Crippen molar-refractivity contribution in [2.75, 3.05) is 6.26 Å². The largest absolute Gasteiger partial charge is 0.267 e. The normalized spacial score (nSPS) is 15.8. The quantitative estimate of drug-likeness (QED) is 0.537. The van der Waals surface area contributed by atoms with Crippen LogP contribution in [-0.4, -0.2) is 21.8 Å². The fourth-order valence-corrected chi connectivity index (χ4v) is 5.01. The predicted molar refractivity (Wildman–Crippen MR) is 105 cm³/mol. The molecule has 126 valence electrons. The molecule has 0 saturated carbocycles. The highest BCUT2D eigenvalue weighted by Crippen LogP contribution is 2.45. The maximum Gasteiger partial charge on any atom is 0.149 e. The van der Waals surface area contributed by atoms with Gasteiger partial charge in [0.1, 0.15) is 16.2 Å². The van der Waals surface area contributed by atoms with Crippen molar-refractivity contribution in [1.29, 1.82) is 0 Å². The summed E-state index contributed by atoms with van der Waals surface area (Å²) < 4.78 is 13.9. The van der Waals surface area contributed by atoms with Crippen LogP contribution in [0.1, 0.15) is 25.0 Å². The van der Waals surface area contributed by atoms with Crippen molar-refractivity contribution in [1.82, 2.24) is 4.98 Å². The average molecular weight is 369 g/mol. The zero-order valence-corrected chi connectivity index (χ0v) is 15.8. The Hall–Kier alpha value is -1.85. The topological polar surface area (TPSA) is 25.2 Å². The molecule has 3 aromatic rings. The average Bonchev–Trinajstić information content (AvgIpc) is 2.60. The molecule has 2 aromatic carbocycles. The molecule has 4 rings (SSSR count). The van der Waals surface area contributed by atoms with Crippen molar-refractivity contribution in [2.45, 2.75) is 28.5 Å². The van der Waals surface area contributed by atoms with Gasteiger partial charge < -0.3 is 0 Å². The number of benzene rings is 2. The number of aromatic nitrogens is 1. The van der Waals surface area contributed by atoms with Crippen LogP contribution in [0.15, 0.2) is 63.4 Å². The second-order valence-electron chi connectivity index (χ2n) is 6.38. The molecule has 0 amide bonds. The molecule has 1 aromatic heterocycles. The van der Waals surface area contributed by atoms with Crippen LogP contribution < -0.4 is 0 Å². The molecule has 0 saturated heterocycles. The third-order valence-electron chi connectivity index (χ3n) is 4.12. The molecule has 0 N–H and O–H groups in total. The zero-order chi connectivity index (χ0) is 17.6. The van der Waals surface area contributed by atoms with Gasteiger partial charge in [0.25, 0.3) is 0 Å². The molecule has 0 radical (unpaired) electrons. The van der Waals surface area contributed by atoms with Crippen molar-refractivity contribution in [3.05, 3.63) is 65.6 Å². The number of thioether (sulfide) groups is 2. The van der Waals surface area contributed by atoms with E-state index in [1.807, 2.05) is 12.1 Å². The van der Waals surface area contributed by atoms with E-state index in [0.29, 0.717) is 5.52 Å². The van der Waals surface area contributed by atoms with Crippen LogP contribution >= 0.6 is 23.5 Å². The number of hydrogen-bond acceptors (Lipinski definition) is 4. The Morgan fingerprint density at radius 3 is 2.72 bits per heavy atom. The van der Waals surface area contributed by atoms with Crippen LogP contribution in [0, 0.1) is 5.82 Å². The number of pyridine rings is 1. The predicted octanol–water partition coefficient (Wildman–Crippen LogP) is 5.78. The molecule has 25 heavy (non-hydrogen) atoms. The van der Waals surface area contributed by atoms with Gasteiger partial charge in [-0.3, -0.25) is 9.98 Å². The van der Waals surface area contributed by atoms with Gasteiger partial charge in [0.15, 0.2) is 0 Å². The van der Waals surface area contributed by atoms with Gasteiger partial charge in [0.2, 0.25) is 0 Å². The molecule has 2 heterocycles. The summed E-state index contributed by atoms with van der Waals surface area (Å²) >= 11 is 3.53. The zero-order valence-electron chi connectivity index (χ0n) is 14.2. The summed E-state index contributed by atoms with van der Waals surface area (Å²) in [5.74, 6) is -0.296. The molecule has 0 spiro atoms. The number of aliphatic imine (C=N–C) groups is 1. The van der Waals surface area contributed by atoms with E-state index < -0.39 is 0 Å². The highest BCUT2D eigenvalue weighted by atomic mass is 32.2. The van der Waals surface area contributed by atoms with E-state index in [1.165, 1.54) is 15.9 Å². The minimum Gasteiger partial charge on any atom is -0.267 e. The Bertz CT molecular complexity index is 1010. The van der Waals surface area contributed by atoms with E-state index in [9.17, 15) is 4.39 Å². The summed E-state index contributed by atoms with van der Waals surface area (Å²) in [7, 11) is 0. The molecule has 1 aliphatic rings. The van der Waals surface area contributed by atoms with Crippen molar-refractivity contribution in [3.8, 4) is 0 Å². The summed E-state index contributed by atoms with van der Waals surface area (Å²) in [5.41, 5.74) is 3.36.